The number of carbonyl (C=O) groups is 1. The maximum Gasteiger partial charge on any atom is 0.289 e. The standard InChI is InChI=1S/C16H12BrNO3S/c1-18(9-10-6-7-15(17)22-10)16(20)14-8-12(19)11-4-2-3-5-13(11)21-14/h2-8H,9H2,1H3. The molecular formula is C16H12BrNO3S. The van der Waals surface area contributed by atoms with Gasteiger partial charge in [0.15, 0.2) is 11.2 Å². The Morgan fingerprint density at radius 1 is 1.27 bits per heavy atom. The minimum atomic E-state index is -0.313. The van der Waals surface area contributed by atoms with Crippen LogP contribution in [0.3, 0.4) is 0 Å². The molecule has 3 rings (SSSR count). The Morgan fingerprint density at radius 2 is 2.05 bits per heavy atom. The lowest BCUT2D eigenvalue weighted by Crippen LogP contribution is -2.26. The van der Waals surface area contributed by atoms with Gasteiger partial charge in [-0.2, -0.15) is 0 Å². The SMILES string of the molecule is CN(Cc1ccc(Br)s1)C(=O)c1cc(=O)c2ccccc2o1. The first-order valence-electron chi connectivity index (χ1n) is 6.57. The molecule has 0 atom stereocenters. The summed E-state index contributed by atoms with van der Waals surface area (Å²) >= 11 is 4.96. The summed E-state index contributed by atoms with van der Waals surface area (Å²) in [6, 6.07) is 12.1. The third-order valence-electron chi connectivity index (χ3n) is 3.21. The second kappa shape index (κ2) is 6.06. The third-order valence-corrected chi connectivity index (χ3v) is 4.82. The Labute approximate surface area is 139 Å². The molecule has 1 amide bonds. The van der Waals surface area contributed by atoms with Crippen molar-refractivity contribution in [3.63, 3.8) is 0 Å². The highest BCUT2D eigenvalue weighted by Crippen LogP contribution is 2.23. The van der Waals surface area contributed by atoms with Gasteiger partial charge in [0.1, 0.15) is 5.58 Å². The molecule has 0 radical (unpaired) electrons. The number of rotatable bonds is 3. The monoisotopic (exact) mass is 377 g/mol. The molecule has 22 heavy (non-hydrogen) atoms. The van der Waals surface area contributed by atoms with Crippen molar-refractivity contribution >= 4 is 44.1 Å². The molecule has 112 valence electrons. The Balaban J connectivity index is 1.89. The van der Waals surface area contributed by atoms with Gasteiger partial charge in [0, 0.05) is 18.0 Å². The normalized spacial score (nSPS) is 10.8. The lowest BCUT2D eigenvalue weighted by atomic mass is 10.2. The predicted octanol–water partition coefficient (Wildman–Crippen LogP) is 3.89. The number of halogens is 1. The second-order valence-electron chi connectivity index (χ2n) is 4.84. The largest absolute Gasteiger partial charge is 0.451 e. The minimum absolute atomic E-state index is 0.0572. The number of nitrogens with zero attached hydrogens (tertiary/aromatic N) is 1. The molecule has 0 aliphatic heterocycles. The summed E-state index contributed by atoms with van der Waals surface area (Å²) in [6.07, 6.45) is 0. The molecule has 0 N–H and O–H groups in total. The van der Waals surface area contributed by atoms with E-state index in [1.165, 1.54) is 11.0 Å². The fourth-order valence-corrected chi connectivity index (χ4v) is 3.68. The summed E-state index contributed by atoms with van der Waals surface area (Å²) in [5.74, 6) is -0.255. The molecule has 1 aromatic carbocycles. The van der Waals surface area contributed by atoms with E-state index in [0.717, 1.165) is 8.66 Å². The van der Waals surface area contributed by atoms with Gasteiger partial charge in [-0.1, -0.05) is 12.1 Å². The van der Waals surface area contributed by atoms with Gasteiger partial charge >= 0.3 is 0 Å². The van der Waals surface area contributed by atoms with Gasteiger partial charge in [-0.15, -0.1) is 11.3 Å². The number of hydrogen-bond acceptors (Lipinski definition) is 4. The molecule has 3 aromatic rings. The molecule has 0 aliphatic carbocycles. The maximum absolute atomic E-state index is 12.4. The van der Waals surface area contributed by atoms with E-state index >= 15 is 0 Å². The molecular weight excluding hydrogens is 366 g/mol. The average Bonchev–Trinajstić information content (AvgIpc) is 2.91. The number of amides is 1. The van der Waals surface area contributed by atoms with Crippen molar-refractivity contribution in [1.29, 1.82) is 0 Å². The molecule has 0 spiro atoms. The molecule has 6 heteroatoms. The van der Waals surface area contributed by atoms with Crippen molar-refractivity contribution in [1.82, 2.24) is 4.90 Å². The quantitative estimate of drug-likeness (QED) is 0.695. The van der Waals surface area contributed by atoms with Gasteiger partial charge in [0.2, 0.25) is 0 Å². The number of hydrogen-bond donors (Lipinski definition) is 0. The van der Waals surface area contributed by atoms with Gasteiger partial charge in [0.25, 0.3) is 5.91 Å². The fourth-order valence-electron chi connectivity index (χ4n) is 2.14. The van der Waals surface area contributed by atoms with E-state index in [2.05, 4.69) is 15.9 Å². The minimum Gasteiger partial charge on any atom is -0.451 e. The van der Waals surface area contributed by atoms with Crippen molar-refractivity contribution in [2.24, 2.45) is 0 Å². The van der Waals surface area contributed by atoms with Gasteiger partial charge < -0.3 is 9.32 Å². The van der Waals surface area contributed by atoms with Gasteiger partial charge in [-0.3, -0.25) is 9.59 Å². The average molecular weight is 378 g/mol. The van der Waals surface area contributed by atoms with Crippen LogP contribution in [-0.4, -0.2) is 17.9 Å². The summed E-state index contributed by atoms with van der Waals surface area (Å²) in [5, 5.41) is 0.476. The van der Waals surface area contributed by atoms with Crippen LogP contribution in [0.2, 0.25) is 0 Å². The molecule has 4 nitrogen and oxygen atoms in total. The molecule has 0 aliphatic rings. The predicted molar refractivity (Wildman–Crippen MR) is 90.3 cm³/mol. The van der Waals surface area contributed by atoms with Crippen LogP contribution in [0.15, 0.2) is 55.5 Å². The van der Waals surface area contributed by atoms with Crippen LogP contribution >= 0.6 is 27.3 Å². The lowest BCUT2D eigenvalue weighted by molar-refractivity contribution is 0.0755. The highest BCUT2D eigenvalue weighted by molar-refractivity contribution is 9.11. The number of para-hydroxylation sites is 1. The number of carbonyl (C=O) groups excluding carboxylic acids is 1. The van der Waals surface area contributed by atoms with Crippen LogP contribution in [0.4, 0.5) is 0 Å². The zero-order chi connectivity index (χ0) is 15.7. The van der Waals surface area contributed by atoms with Crippen molar-refractivity contribution in [2.75, 3.05) is 7.05 Å². The molecule has 0 saturated carbocycles. The van der Waals surface area contributed by atoms with Crippen molar-refractivity contribution in [2.45, 2.75) is 6.54 Å². The van der Waals surface area contributed by atoms with Crippen LogP contribution in [0.1, 0.15) is 15.4 Å². The summed E-state index contributed by atoms with van der Waals surface area (Å²) in [7, 11) is 1.69. The molecule has 0 unspecified atom stereocenters. The van der Waals surface area contributed by atoms with E-state index in [0.29, 0.717) is 17.5 Å². The van der Waals surface area contributed by atoms with Crippen LogP contribution in [-0.2, 0) is 6.54 Å². The second-order valence-corrected chi connectivity index (χ2v) is 7.39. The summed E-state index contributed by atoms with van der Waals surface area (Å²) in [5.41, 5.74) is 0.211. The number of benzene rings is 1. The zero-order valence-corrected chi connectivity index (χ0v) is 14.1. The first kappa shape index (κ1) is 15.0. The lowest BCUT2D eigenvalue weighted by Gasteiger charge is -2.15. The summed E-state index contributed by atoms with van der Waals surface area (Å²) in [6.45, 7) is 0.464. The van der Waals surface area contributed by atoms with E-state index in [-0.39, 0.29) is 17.1 Å². The van der Waals surface area contributed by atoms with E-state index in [1.807, 2.05) is 12.1 Å². The highest BCUT2D eigenvalue weighted by atomic mass is 79.9. The zero-order valence-electron chi connectivity index (χ0n) is 11.7. The Bertz CT molecular complexity index is 900. The fraction of sp³-hybridized carbons (Fsp3) is 0.125. The first-order valence-corrected chi connectivity index (χ1v) is 8.18. The van der Waals surface area contributed by atoms with E-state index in [9.17, 15) is 9.59 Å². The van der Waals surface area contributed by atoms with Gasteiger partial charge in [0.05, 0.1) is 15.7 Å². The van der Waals surface area contributed by atoms with Crippen molar-refractivity contribution in [3.05, 3.63) is 67.1 Å². The molecule has 0 saturated heterocycles. The molecule has 0 fully saturated rings. The van der Waals surface area contributed by atoms with Crippen LogP contribution in [0.5, 0.6) is 0 Å². The topological polar surface area (TPSA) is 50.5 Å². The third kappa shape index (κ3) is 2.98. The Hall–Kier alpha value is -1.92. The smallest absolute Gasteiger partial charge is 0.289 e. The summed E-state index contributed by atoms with van der Waals surface area (Å²) in [4.78, 5) is 27.1. The maximum atomic E-state index is 12.4. The van der Waals surface area contributed by atoms with Crippen LogP contribution < -0.4 is 5.43 Å². The highest BCUT2D eigenvalue weighted by Gasteiger charge is 2.17. The molecule has 2 heterocycles. The van der Waals surface area contributed by atoms with E-state index < -0.39 is 0 Å². The van der Waals surface area contributed by atoms with Crippen LogP contribution in [0.25, 0.3) is 11.0 Å². The first-order chi connectivity index (χ1) is 10.5. The number of thiophene rings is 1. The van der Waals surface area contributed by atoms with E-state index in [4.69, 9.17) is 4.42 Å². The Morgan fingerprint density at radius 3 is 2.77 bits per heavy atom. The van der Waals surface area contributed by atoms with Gasteiger partial charge in [-0.25, -0.2) is 0 Å². The molecule has 0 bridgehead atoms. The number of fused-ring (bicyclic) bond motifs is 1. The van der Waals surface area contributed by atoms with E-state index in [1.54, 1.807) is 42.6 Å². The van der Waals surface area contributed by atoms with Gasteiger partial charge in [-0.05, 0) is 40.2 Å². The van der Waals surface area contributed by atoms with Crippen molar-refractivity contribution in [3.8, 4) is 0 Å². The van der Waals surface area contributed by atoms with Crippen molar-refractivity contribution < 1.29 is 9.21 Å². The summed E-state index contributed by atoms with van der Waals surface area (Å²) < 4.78 is 6.59. The van der Waals surface area contributed by atoms with Crippen LogP contribution in [0, 0.1) is 0 Å². The molecule has 2 aromatic heterocycles. The Kier molecular flexibility index (Phi) is 4.13.